The van der Waals surface area contributed by atoms with E-state index in [1.807, 2.05) is 12.3 Å². The Morgan fingerprint density at radius 2 is 2.12 bits per heavy atom. The van der Waals surface area contributed by atoms with Gasteiger partial charge in [0.15, 0.2) is 0 Å². The summed E-state index contributed by atoms with van der Waals surface area (Å²) in [6, 6.07) is 8.47. The highest BCUT2D eigenvalue weighted by Crippen LogP contribution is 2.39. The van der Waals surface area contributed by atoms with Crippen LogP contribution in [0.25, 0.3) is 0 Å². The molecule has 0 amide bonds. The van der Waals surface area contributed by atoms with Crippen molar-refractivity contribution in [3.63, 3.8) is 0 Å². The first kappa shape index (κ1) is 10.9. The summed E-state index contributed by atoms with van der Waals surface area (Å²) in [5, 5.41) is 9.94. The van der Waals surface area contributed by atoms with Crippen LogP contribution in [0.4, 0.5) is 0 Å². The van der Waals surface area contributed by atoms with Crippen molar-refractivity contribution in [1.29, 1.82) is 0 Å². The van der Waals surface area contributed by atoms with E-state index in [9.17, 15) is 5.11 Å². The smallest absolute Gasteiger partial charge is 0.0831 e. The number of benzene rings is 1. The zero-order chi connectivity index (χ0) is 11.8. The van der Waals surface area contributed by atoms with Crippen molar-refractivity contribution in [2.24, 2.45) is 4.99 Å². The van der Waals surface area contributed by atoms with Gasteiger partial charge in [0.2, 0.25) is 0 Å². The molecule has 1 saturated carbocycles. The molecule has 4 unspecified atom stereocenters. The second kappa shape index (κ2) is 4.24. The fraction of sp³-hybridized carbons (Fsp3) is 0.500. The van der Waals surface area contributed by atoms with Gasteiger partial charge in [0.1, 0.15) is 0 Å². The van der Waals surface area contributed by atoms with E-state index in [1.54, 1.807) is 7.11 Å². The van der Waals surface area contributed by atoms with E-state index in [0.29, 0.717) is 12.3 Å². The summed E-state index contributed by atoms with van der Waals surface area (Å²) < 4.78 is 5.47. The molecule has 0 radical (unpaired) electrons. The van der Waals surface area contributed by atoms with E-state index in [1.165, 1.54) is 11.1 Å². The Bertz CT molecular complexity index is 444. The molecule has 0 bridgehead atoms. The van der Waals surface area contributed by atoms with Gasteiger partial charge in [-0.3, -0.25) is 4.99 Å². The first-order valence-corrected chi connectivity index (χ1v) is 6.12. The average Bonchev–Trinajstić information content (AvgIpc) is 2.37. The number of nitrogens with zero attached hydrogens (tertiary/aromatic N) is 1. The largest absolute Gasteiger partial charge is 0.393 e. The first-order chi connectivity index (χ1) is 8.29. The van der Waals surface area contributed by atoms with Crippen molar-refractivity contribution in [2.45, 2.75) is 37.0 Å². The molecule has 0 spiro atoms. The zero-order valence-corrected chi connectivity index (χ0v) is 9.91. The third-order valence-electron chi connectivity index (χ3n) is 3.91. The highest BCUT2D eigenvalue weighted by Gasteiger charge is 2.40. The van der Waals surface area contributed by atoms with E-state index >= 15 is 0 Å². The van der Waals surface area contributed by atoms with E-state index < -0.39 is 0 Å². The Kier molecular flexibility index (Phi) is 2.73. The van der Waals surface area contributed by atoms with Gasteiger partial charge in [-0.2, -0.15) is 0 Å². The molecule has 3 rings (SSSR count). The van der Waals surface area contributed by atoms with E-state index in [4.69, 9.17) is 4.74 Å². The number of hydrogen-bond acceptors (Lipinski definition) is 3. The van der Waals surface area contributed by atoms with Crippen LogP contribution in [0.1, 0.15) is 29.9 Å². The molecule has 1 aliphatic carbocycles. The van der Waals surface area contributed by atoms with Gasteiger partial charge in [-0.1, -0.05) is 24.3 Å². The molecule has 1 N–H and O–H groups in total. The number of aliphatic imine (C=N–C) groups is 1. The number of aliphatic hydroxyl groups excluding tert-OH is 1. The average molecular weight is 231 g/mol. The van der Waals surface area contributed by atoms with Crippen molar-refractivity contribution in [2.75, 3.05) is 7.11 Å². The summed E-state index contributed by atoms with van der Waals surface area (Å²) in [7, 11) is 1.70. The Labute approximate surface area is 101 Å². The predicted octanol–water partition coefficient (Wildman–Crippen LogP) is 1.74. The van der Waals surface area contributed by atoms with Gasteiger partial charge in [-0.05, 0) is 17.5 Å². The maximum absolute atomic E-state index is 9.94. The van der Waals surface area contributed by atoms with Gasteiger partial charge in [-0.15, -0.1) is 0 Å². The van der Waals surface area contributed by atoms with E-state index in [0.717, 1.165) is 6.42 Å². The SMILES string of the molecule is COC1CC(O)CC2c3ccccc3C=NC12. The van der Waals surface area contributed by atoms with Gasteiger partial charge in [-0.25, -0.2) is 0 Å². The summed E-state index contributed by atoms with van der Waals surface area (Å²) in [5.74, 6) is 0.296. The lowest BCUT2D eigenvalue weighted by molar-refractivity contribution is -0.0102. The number of ether oxygens (including phenoxy) is 1. The quantitative estimate of drug-likeness (QED) is 0.800. The van der Waals surface area contributed by atoms with Crippen LogP contribution < -0.4 is 0 Å². The Hall–Kier alpha value is -1.19. The molecule has 1 aromatic carbocycles. The van der Waals surface area contributed by atoms with Crippen molar-refractivity contribution >= 4 is 6.21 Å². The summed E-state index contributed by atoms with van der Waals surface area (Å²) in [6.07, 6.45) is 3.19. The summed E-state index contributed by atoms with van der Waals surface area (Å²) in [5.41, 5.74) is 2.48. The van der Waals surface area contributed by atoms with Crippen LogP contribution in [-0.4, -0.2) is 36.7 Å². The van der Waals surface area contributed by atoms with Crippen molar-refractivity contribution < 1.29 is 9.84 Å². The van der Waals surface area contributed by atoms with E-state index in [2.05, 4.69) is 23.2 Å². The van der Waals surface area contributed by atoms with Gasteiger partial charge in [0.25, 0.3) is 0 Å². The number of aliphatic hydroxyl groups is 1. The number of fused-ring (bicyclic) bond motifs is 3. The van der Waals surface area contributed by atoms with Crippen LogP contribution in [0.15, 0.2) is 29.3 Å². The van der Waals surface area contributed by atoms with Crippen molar-refractivity contribution in [3.8, 4) is 0 Å². The molecule has 1 aromatic rings. The third-order valence-corrected chi connectivity index (χ3v) is 3.91. The highest BCUT2D eigenvalue weighted by atomic mass is 16.5. The minimum Gasteiger partial charge on any atom is -0.393 e. The fourth-order valence-corrected chi connectivity index (χ4v) is 3.07. The molecule has 17 heavy (non-hydrogen) atoms. The Balaban J connectivity index is 2.00. The third kappa shape index (κ3) is 1.79. The molecule has 90 valence electrons. The maximum atomic E-state index is 9.94. The zero-order valence-electron chi connectivity index (χ0n) is 9.91. The number of hydrogen-bond donors (Lipinski definition) is 1. The van der Waals surface area contributed by atoms with E-state index in [-0.39, 0.29) is 18.2 Å². The van der Waals surface area contributed by atoms with Crippen LogP contribution in [0, 0.1) is 0 Å². The topological polar surface area (TPSA) is 41.8 Å². The Morgan fingerprint density at radius 1 is 1.29 bits per heavy atom. The molecule has 3 heteroatoms. The second-order valence-electron chi connectivity index (χ2n) is 4.90. The van der Waals surface area contributed by atoms with Gasteiger partial charge in [0.05, 0.1) is 18.2 Å². The van der Waals surface area contributed by atoms with Crippen molar-refractivity contribution in [3.05, 3.63) is 35.4 Å². The molecule has 1 fully saturated rings. The standard InChI is InChI=1S/C14H17NO2/c1-17-13-7-10(16)6-12-11-5-3-2-4-9(11)8-15-14(12)13/h2-5,8,10,12-14,16H,6-7H2,1H3. The van der Waals surface area contributed by atoms with Gasteiger partial charge < -0.3 is 9.84 Å². The lowest BCUT2D eigenvalue weighted by atomic mass is 9.74. The lowest BCUT2D eigenvalue weighted by Crippen LogP contribution is -2.43. The number of rotatable bonds is 1. The molecule has 0 saturated heterocycles. The molecule has 0 aromatic heterocycles. The molecular formula is C14H17NO2. The summed E-state index contributed by atoms with van der Waals surface area (Å²) >= 11 is 0. The van der Waals surface area contributed by atoms with Gasteiger partial charge in [0, 0.05) is 25.7 Å². The van der Waals surface area contributed by atoms with Crippen LogP contribution >= 0.6 is 0 Å². The van der Waals surface area contributed by atoms with Crippen LogP contribution in [-0.2, 0) is 4.74 Å². The molecule has 3 nitrogen and oxygen atoms in total. The second-order valence-corrected chi connectivity index (χ2v) is 4.90. The molecule has 1 heterocycles. The molecular weight excluding hydrogens is 214 g/mol. The molecule has 1 aliphatic heterocycles. The van der Waals surface area contributed by atoms with Crippen molar-refractivity contribution in [1.82, 2.24) is 0 Å². The highest BCUT2D eigenvalue weighted by molar-refractivity contribution is 5.83. The predicted molar refractivity (Wildman–Crippen MR) is 66.6 cm³/mol. The molecule has 4 atom stereocenters. The maximum Gasteiger partial charge on any atom is 0.0831 e. The first-order valence-electron chi connectivity index (χ1n) is 6.12. The Morgan fingerprint density at radius 3 is 2.94 bits per heavy atom. The van der Waals surface area contributed by atoms with Crippen LogP contribution in [0.3, 0.4) is 0 Å². The van der Waals surface area contributed by atoms with Crippen LogP contribution in [0.2, 0.25) is 0 Å². The summed E-state index contributed by atoms with van der Waals surface area (Å²) in [4.78, 5) is 4.62. The number of methoxy groups -OCH3 is 1. The van der Waals surface area contributed by atoms with Gasteiger partial charge >= 0.3 is 0 Å². The summed E-state index contributed by atoms with van der Waals surface area (Å²) in [6.45, 7) is 0. The lowest BCUT2D eigenvalue weighted by Gasteiger charge is -2.40. The normalized spacial score (nSPS) is 35.2. The minimum atomic E-state index is -0.275. The minimum absolute atomic E-state index is 0.0355. The fourth-order valence-electron chi connectivity index (χ4n) is 3.07. The molecule has 2 aliphatic rings. The van der Waals surface area contributed by atoms with Crippen LogP contribution in [0.5, 0.6) is 0 Å². The monoisotopic (exact) mass is 231 g/mol.